The van der Waals surface area contributed by atoms with Crippen LogP contribution in [0.1, 0.15) is 42.7 Å². The van der Waals surface area contributed by atoms with E-state index in [1.807, 2.05) is 36.4 Å². The van der Waals surface area contributed by atoms with Crippen molar-refractivity contribution in [2.75, 3.05) is 13.2 Å². The van der Waals surface area contributed by atoms with Gasteiger partial charge in [0.2, 0.25) is 5.91 Å². The molecule has 2 aromatic carbocycles. The van der Waals surface area contributed by atoms with E-state index in [-0.39, 0.29) is 30.1 Å². The number of ether oxygens (including phenoxy) is 2. The number of carbonyl (C=O) groups is 1. The van der Waals surface area contributed by atoms with Gasteiger partial charge in [-0.25, -0.2) is 0 Å². The largest absolute Gasteiger partial charge is 0.373 e. The van der Waals surface area contributed by atoms with E-state index < -0.39 is 0 Å². The first kappa shape index (κ1) is 18.2. The lowest BCUT2D eigenvalue weighted by Crippen LogP contribution is -2.49. The predicted molar refractivity (Wildman–Crippen MR) is 105 cm³/mol. The first-order valence-corrected chi connectivity index (χ1v) is 9.92. The van der Waals surface area contributed by atoms with Crippen molar-refractivity contribution in [2.24, 2.45) is 0 Å². The molecule has 1 N–H and O–H groups in total. The van der Waals surface area contributed by atoms with Gasteiger partial charge in [0, 0.05) is 18.4 Å². The highest BCUT2D eigenvalue weighted by molar-refractivity contribution is 5.78. The summed E-state index contributed by atoms with van der Waals surface area (Å²) in [5.74, 6) is 0.172. The first-order valence-electron chi connectivity index (χ1n) is 9.92. The Morgan fingerprint density at radius 2 is 1.48 bits per heavy atom. The average molecular weight is 365 g/mol. The van der Waals surface area contributed by atoms with Crippen LogP contribution in [0.15, 0.2) is 60.7 Å². The van der Waals surface area contributed by atoms with Gasteiger partial charge in [0.25, 0.3) is 0 Å². The fourth-order valence-electron chi connectivity index (χ4n) is 4.27. The maximum atomic E-state index is 12.8. The van der Waals surface area contributed by atoms with Crippen LogP contribution in [-0.2, 0) is 14.3 Å². The molecule has 1 heterocycles. The standard InChI is InChI=1S/C23H27NO3/c25-23(24-19-11-12-21-22(15-19)27-14-13-26-21)16-20(17-7-3-1-4-8-17)18-9-5-2-6-10-18/h1-10,19-22H,11-16H2,(H,24,25). The lowest BCUT2D eigenvalue weighted by molar-refractivity contribution is -0.158. The fourth-order valence-corrected chi connectivity index (χ4v) is 4.27. The zero-order valence-corrected chi connectivity index (χ0v) is 15.6. The quantitative estimate of drug-likeness (QED) is 0.880. The van der Waals surface area contributed by atoms with E-state index in [2.05, 4.69) is 29.6 Å². The van der Waals surface area contributed by atoms with Gasteiger partial charge < -0.3 is 14.8 Å². The van der Waals surface area contributed by atoms with Crippen LogP contribution in [0.3, 0.4) is 0 Å². The van der Waals surface area contributed by atoms with Crippen LogP contribution >= 0.6 is 0 Å². The Morgan fingerprint density at radius 3 is 2.11 bits per heavy atom. The summed E-state index contributed by atoms with van der Waals surface area (Å²) in [6.45, 7) is 1.35. The topological polar surface area (TPSA) is 47.6 Å². The van der Waals surface area contributed by atoms with Crippen LogP contribution in [0.4, 0.5) is 0 Å². The van der Waals surface area contributed by atoms with E-state index in [4.69, 9.17) is 9.47 Å². The second-order valence-electron chi connectivity index (χ2n) is 7.47. The molecule has 0 radical (unpaired) electrons. The number of carbonyl (C=O) groups excluding carboxylic acids is 1. The van der Waals surface area contributed by atoms with E-state index in [1.165, 1.54) is 11.1 Å². The van der Waals surface area contributed by atoms with Crippen LogP contribution in [0.2, 0.25) is 0 Å². The minimum atomic E-state index is 0.0676. The van der Waals surface area contributed by atoms with Crippen molar-refractivity contribution in [3.63, 3.8) is 0 Å². The SMILES string of the molecule is O=C(CC(c1ccccc1)c1ccccc1)NC1CCC2OCCOC2C1. The van der Waals surface area contributed by atoms with Gasteiger partial charge in [0.1, 0.15) is 0 Å². The molecular formula is C23H27NO3. The molecule has 1 saturated heterocycles. The number of fused-ring (bicyclic) bond motifs is 1. The lowest BCUT2D eigenvalue weighted by atomic mass is 9.87. The van der Waals surface area contributed by atoms with E-state index >= 15 is 0 Å². The molecule has 0 bridgehead atoms. The normalized spacial score (nSPS) is 25.0. The summed E-state index contributed by atoms with van der Waals surface area (Å²) < 4.78 is 11.6. The van der Waals surface area contributed by atoms with Crippen molar-refractivity contribution >= 4 is 5.91 Å². The van der Waals surface area contributed by atoms with Crippen molar-refractivity contribution < 1.29 is 14.3 Å². The summed E-state index contributed by atoms with van der Waals surface area (Å²) in [5.41, 5.74) is 2.35. The van der Waals surface area contributed by atoms with Crippen LogP contribution in [-0.4, -0.2) is 37.4 Å². The Labute approximate surface area is 160 Å². The lowest BCUT2D eigenvalue weighted by Gasteiger charge is -2.39. The van der Waals surface area contributed by atoms with Gasteiger partial charge in [-0.3, -0.25) is 4.79 Å². The minimum absolute atomic E-state index is 0.0676. The number of benzene rings is 2. The van der Waals surface area contributed by atoms with Crippen molar-refractivity contribution in [3.8, 4) is 0 Å². The second kappa shape index (κ2) is 8.68. The van der Waals surface area contributed by atoms with Gasteiger partial charge in [0.05, 0.1) is 25.4 Å². The molecule has 2 fully saturated rings. The highest BCUT2D eigenvalue weighted by Gasteiger charge is 2.34. The number of rotatable bonds is 5. The minimum Gasteiger partial charge on any atom is -0.373 e. The zero-order valence-electron chi connectivity index (χ0n) is 15.6. The van der Waals surface area contributed by atoms with Crippen molar-refractivity contribution in [2.45, 2.75) is 49.9 Å². The maximum absolute atomic E-state index is 12.8. The molecule has 142 valence electrons. The van der Waals surface area contributed by atoms with E-state index in [0.29, 0.717) is 19.6 Å². The third kappa shape index (κ3) is 4.57. The van der Waals surface area contributed by atoms with E-state index in [0.717, 1.165) is 19.3 Å². The van der Waals surface area contributed by atoms with Crippen molar-refractivity contribution in [1.82, 2.24) is 5.32 Å². The van der Waals surface area contributed by atoms with Crippen LogP contribution < -0.4 is 5.32 Å². The smallest absolute Gasteiger partial charge is 0.221 e. The Morgan fingerprint density at radius 1 is 0.889 bits per heavy atom. The number of hydrogen-bond acceptors (Lipinski definition) is 3. The van der Waals surface area contributed by atoms with Gasteiger partial charge in [-0.1, -0.05) is 60.7 Å². The van der Waals surface area contributed by atoms with Gasteiger partial charge in [-0.2, -0.15) is 0 Å². The summed E-state index contributed by atoms with van der Waals surface area (Å²) in [6.07, 6.45) is 3.53. The molecule has 3 atom stereocenters. The van der Waals surface area contributed by atoms with Gasteiger partial charge in [-0.15, -0.1) is 0 Å². The highest BCUT2D eigenvalue weighted by atomic mass is 16.6. The average Bonchev–Trinajstić information content (AvgIpc) is 2.73. The summed E-state index contributed by atoms with van der Waals surface area (Å²) in [4.78, 5) is 12.8. The highest BCUT2D eigenvalue weighted by Crippen LogP contribution is 2.29. The van der Waals surface area contributed by atoms with E-state index in [1.54, 1.807) is 0 Å². The molecule has 4 heteroatoms. The Balaban J connectivity index is 1.41. The Hall–Kier alpha value is -2.17. The molecule has 0 spiro atoms. The maximum Gasteiger partial charge on any atom is 0.221 e. The Bertz CT molecular complexity index is 694. The third-order valence-corrected chi connectivity index (χ3v) is 5.64. The molecule has 2 aromatic rings. The number of nitrogens with one attached hydrogen (secondary N) is 1. The first-order chi connectivity index (χ1) is 13.3. The predicted octanol–water partition coefficient (Wildman–Crippen LogP) is 3.66. The van der Waals surface area contributed by atoms with Crippen LogP contribution in [0.5, 0.6) is 0 Å². The summed E-state index contributed by atoms with van der Waals surface area (Å²) in [7, 11) is 0. The monoisotopic (exact) mass is 365 g/mol. The molecule has 1 amide bonds. The van der Waals surface area contributed by atoms with Gasteiger partial charge in [-0.05, 0) is 30.4 Å². The summed E-state index contributed by atoms with van der Waals surface area (Å²) in [5, 5.41) is 3.25. The summed E-state index contributed by atoms with van der Waals surface area (Å²) >= 11 is 0. The van der Waals surface area contributed by atoms with E-state index in [9.17, 15) is 4.79 Å². The molecule has 1 aliphatic carbocycles. The molecule has 1 saturated carbocycles. The van der Waals surface area contributed by atoms with Crippen molar-refractivity contribution in [3.05, 3.63) is 71.8 Å². The molecule has 1 aliphatic heterocycles. The van der Waals surface area contributed by atoms with Crippen molar-refractivity contribution in [1.29, 1.82) is 0 Å². The fraction of sp³-hybridized carbons (Fsp3) is 0.435. The molecule has 3 unspecified atom stereocenters. The molecule has 4 nitrogen and oxygen atoms in total. The van der Waals surface area contributed by atoms with Gasteiger partial charge >= 0.3 is 0 Å². The molecule has 4 rings (SSSR count). The summed E-state index contributed by atoms with van der Waals surface area (Å²) in [6, 6.07) is 20.7. The molecule has 2 aliphatic rings. The molecule has 0 aromatic heterocycles. The zero-order chi connectivity index (χ0) is 18.5. The van der Waals surface area contributed by atoms with Crippen LogP contribution in [0, 0.1) is 0 Å². The second-order valence-corrected chi connectivity index (χ2v) is 7.47. The number of hydrogen-bond donors (Lipinski definition) is 1. The third-order valence-electron chi connectivity index (χ3n) is 5.64. The number of amides is 1. The molecular weight excluding hydrogens is 338 g/mol. The molecule has 27 heavy (non-hydrogen) atoms. The van der Waals surface area contributed by atoms with Gasteiger partial charge in [0.15, 0.2) is 0 Å². The van der Waals surface area contributed by atoms with Crippen LogP contribution in [0.25, 0.3) is 0 Å². The Kier molecular flexibility index (Phi) is 5.85.